The number of nitrogens with zero attached hydrogens (tertiary/aromatic N) is 1. The molecule has 1 fully saturated rings. The largest absolute Gasteiger partial charge is 0.490 e. The maximum atomic E-state index is 11.5. The van der Waals surface area contributed by atoms with E-state index in [0.29, 0.717) is 17.4 Å². The monoisotopic (exact) mass is 432 g/mol. The van der Waals surface area contributed by atoms with Crippen molar-refractivity contribution in [1.82, 2.24) is 9.88 Å². The van der Waals surface area contributed by atoms with E-state index < -0.39 is 22.0 Å². The van der Waals surface area contributed by atoms with E-state index >= 15 is 0 Å². The normalized spacial score (nSPS) is 21.4. The van der Waals surface area contributed by atoms with Gasteiger partial charge in [0.2, 0.25) is 0 Å². The summed E-state index contributed by atoms with van der Waals surface area (Å²) in [7, 11) is -2.74. The zero-order valence-corrected chi connectivity index (χ0v) is 16.5. The highest BCUT2D eigenvalue weighted by Gasteiger charge is 2.38. The van der Waals surface area contributed by atoms with Crippen LogP contribution in [0.4, 0.5) is 13.2 Å². The molecule has 2 aromatic rings. The Labute approximate surface area is 166 Å². The van der Waals surface area contributed by atoms with E-state index in [1.165, 1.54) is 22.2 Å². The van der Waals surface area contributed by atoms with Crippen LogP contribution in [0, 0.1) is 5.92 Å². The summed E-state index contributed by atoms with van der Waals surface area (Å²) in [4.78, 5) is 14.9. The Kier molecular flexibility index (Phi) is 6.23. The molecular formula is C19H23F3N2O4S. The van der Waals surface area contributed by atoms with Gasteiger partial charge < -0.3 is 10.1 Å². The van der Waals surface area contributed by atoms with Crippen molar-refractivity contribution in [2.45, 2.75) is 32.0 Å². The number of carbonyl (C=O) groups is 1. The van der Waals surface area contributed by atoms with Crippen LogP contribution in [0.2, 0.25) is 0 Å². The Hall–Kier alpha value is -2.07. The standard InChI is InChI=1S/C17H22N2O2S.C2HF3O2/c20-22(21)10-7-13(12-22)5-8-19-9-6-15-14-3-1-2-4-16(14)18-17(15)11-19;3-2(4,5)1(6)7/h1-4,13,18H,5-12H2;(H,6,7). The Morgan fingerprint density at radius 3 is 2.59 bits per heavy atom. The summed E-state index contributed by atoms with van der Waals surface area (Å²) < 4.78 is 54.8. The second-order valence-electron chi connectivity index (χ2n) is 7.51. The summed E-state index contributed by atoms with van der Waals surface area (Å²) in [5.74, 6) is -1.59. The van der Waals surface area contributed by atoms with Gasteiger partial charge in [0.05, 0.1) is 11.5 Å². The van der Waals surface area contributed by atoms with Gasteiger partial charge in [0.25, 0.3) is 0 Å². The SMILES string of the molecule is O=C(O)C(F)(F)F.O=S1(=O)CCC(CCN2CCc3c([nH]c4ccccc34)C2)C1. The third-order valence-corrected chi connectivity index (χ3v) is 7.22. The average molecular weight is 432 g/mol. The van der Waals surface area contributed by atoms with Gasteiger partial charge in [-0.2, -0.15) is 13.2 Å². The number of hydrogen-bond acceptors (Lipinski definition) is 4. The number of aliphatic carboxylic acids is 1. The van der Waals surface area contributed by atoms with E-state index in [2.05, 4.69) is 34.1 Å². The fraction of sp³-hybridized carbons (Fsp3) is 0.526. The summed E-state index contributed by atoms with van der Waals surface area (Å²) in [5, 5.41) is 8.49. The number of halogens is 3. The van der Waals surface area contributed by atoms with Crippen molar-refractivity contribution >= 4 is 26.7 Å². The molecule has 0 amide bonds. The van der Waals surface area contributed by atoms with Crippen LogP contribution in [0.3, 0.4) is 0 Å². The van der Waals surface area contributed by atoms with Crippen molar-refractivity contribution < 1.29 is 31.5 Å². The van der Waals surface area contributed by atoms with Gasteiger partial charge in [-0.05, 0) is 43.4 Å². The first kappa shape index (κ1) is 21.6. The molecule has 0 spiro atoms. The highest BCUT2D eigenvalue weighted by molar-refractivity contribution is 7.91. The molecule has 3 heterocycles. The van der Waals surface area contributed by atoms with Crippen molar-refractivity contribution in [2.24, 2.45) is 5.92 Å². The molecule has 2 aliphatic heterocycles. The summed E-state index contributed by atoms with van der Waals surface area (Å²) >= 11 is 0. The first-order valence-corrected chi connectivity index (χ1v) is 11.2. The predicted octanol–water partition coefficient (Wildman–Crippen LogP) is 2.98. The number of alkyl halides is 3. The summed E-state index contributed by atoms with van der Waals surface area (Å²) in [6.45, 7) is 3.05. The van der Waals surface area contributed by atoms with Crippen molar-refractivity contribution in [3.8, 4) is 0 Å². The Morgan fingerprint density at radius 1 is 1.28 bits per heavy atom. The van der Waals surface area contributed by atoms with Crippen molar-refractivity contribution in [1.29, 1.82) is 0 Å². The molecule has 1 aromatic carbocycles. The maximum Gasteiger partial charge on any atom is 0.490 e. The lowest BCUT2D eigenvalue weighted by Gasteiger charge is -2.27. The minimum absolute atomic E-state index is 0.370. The number of para-hydroxylation sites is 1. The molecule has 2 N–H and O–H groups in total. The lowest BCUT2D eigenvalue weighted by Crippen LogP contribution is -2.32. The third-order valence-electron chi connectivity index (χ3n) is 5.38. The average Bonchev–Trinajstić information content (AvgIpc) is 3.18. The van der Waals surface area contributed by atoms with E-state index in [4.69, 9.17) is 9.90 Å². The molecule has 10 heteroatoms. The van der Waals surface area contributed by atoms with Crippen LogP contribution in [-0.2, 0) is 27.6 Å². The number of rotatable bonds is 3. The molecular weight excluding hydrogens is 409 g/mol. The molecule has 1 unspecified atom stereocenters. The van der Waals surface area contributed by atoms with Gasteiger partial charge in [0.15, 0.2) is 9.84 Å². The maximum absolute atomic E-state index is 11.5. The second-order valence-corrected chi connectivity index (χ2v) is 9.74. The zero-order chi connectivity index (χ0) is 21.2. The lowest BCUT2D eigenvalue weighted by atomic mass is 10.0. The third kappa shape index (κ3) is 5.51. The van der Waals surface area contributed by atoms with E-state index in [0.717, 1.165) is 38.9 Å². The van der Waals surface area contributed by atoms with E-state index in [1.54, 1.807) is 0 Å². The van der Waals surface area contributed by atoms with E-state index in [-0.39, 0.29) is 0 Å². The predicted molar refractivity (Wildman–Crippen MR) is 102 cm³/mol. The molecule has 2 aliphatic rings. The number of nitrogens with one attached hydrogen (secondary N) is 1. The molecule has 1 saturated heterocycles. The number of aromatic amines is 1. The quantitative estimate of drug-likeness (QED) is 0.778. The second kappa shape index (κ2) is 8.35. The van der Waals surface area contributed by atoms with Crippen molar-refractivity contribution in [3.05, 3.63) is 35.5 Å². The van der Waals surface area contributed by atoms with Crippen molar-refractivity contribution in [2.75, 3.05) is 24.6 Å². The highest BCUT2D eigenvalue weighted by Crippen LogP contribution is 2.28. The van der Waals surface area contributed by atoms with Crippen LogP contribution in [-0.4, -0.2) is 60.1 Å². The smallest absolute Gasteiger partial charge is 0.475 e. The molecule has 6 nitrogen and oxygen atoms in total. The molecule has 160 valence electrons. The minimum atomic E-state index is -5.08. The lowest BCUT2D eigenvalue weighted by molar-refractivity contribution is -0.192. The number of fused-ring (bicyclic) bond motifs is 3. The highest BCUT2D eigenvalue weighted by atomic mass is 32.2. The van der Waals surface area contributed by atoms with Gasteiger partial charge >= 0.3 is 12.1 Å². The molecule has 29 heavy (non-hydrogen) atoms. The molecule has 1 aromatic heterocycles. The van der Waals surface area contributed by atoms with Gasteiger partial charge in [-0.1, -0.05) is 18.2 Å². The van der Waals surface area contributed by atoms with Crippen LogP contribution >= 0.6 is 0 Å². The van der Waals surface area contributed by atoms with Gasteiger partial charge in [0, 0.05) is 29.7 Å². The molecule has 0 saturated carbocycles. The number of aromatic nitrogens is 1. The number of benzene rings is 1. The van der Waals surface area contributed by atoms with Gasteiger partial charge in [-0.25, -0.2) is 13.2 Å². The molecule has 0 aliphatic carbocycles. The minimum Gasteiger partial charge on any atom is -0.475 e. The van der Waals surface area contributed by atoms with Crippen molar-refractivity contribution in [3.63, 3.8) is 0 Å². The molecule has 0 radical (unpaired) electrons. The summed E-state index contributed by atoms with van der Waals surface area (Å²) in [5.41, 5.74) is 4.04. The van der Waals surface area contributed by atoms with E-state index in [9.17, 15) is 21.6 Å². The Morgan fingerprint density at radius 2 is 1.97 bits per heavy atom. The molecule has 0 bridgehead atoms. The number of carboxylic acid groups (broad SMARTS) is 1. The Bertz CT molecular complexity index is 985. The van der Waals surface area contributed by atoms with E-state index in [1.807, 2.05) is 0 Å². The molecule has 4 rings (SSSR count). The zero-order valence-electron chi connectivity index (χ0n) is 15.7. The van der Waals surface area contributed by atoms with Gasteiger partial charge in [-0.15, -0.1) is 0 Å². The number of sulfone groups is 1. The number of hydrogen-bond donors (Lipinski definition) is 2. The number of H-pyrrole nitrogens is 1. The fourth-order valence-electron chi connectivity index (χ4n) is 3.90. The van der Waals surface area contributed by atoms with Crippen LogP contribution in [0.25, 0.3) is 10.9 Å². The summed E-state index contributed by atoms with van der Waals surface area (Å²) in [6.07, 6.45) is -2.13. The van der Waals surface area contributed by atoms with Gasteiger partial charge in [-0.3, -0.25) is 4.90 Å². The van der Waals surface area contributed by atoms with Crippen LogP contribution < -0.4 is 0 Å². The molecule has 1 atom stereocenters. The number of carboxylic acids is 1. The van der Waals surface area contributed by atoms with Crippen LogP contribution in [0.15, 0.2) is 24.3 Å². The summed E-state index contributed by atoms with van der Waals surface area (Å²) in [6, 6.07) is 8.51. The fourth-order valence-corrected chi connectivity index (χ4v) is 5.82. The van der Waals surface area contributed by atoms with Crippen LogP contribution in [0.1, 0.15) is 24.1 Å². The first-order valence-electron chi connectivity index (χ1n) is 9.36. The topological polar surface area (TPSA) is 90.5 Å². The van der Waals surface area contributed by atoms with Crippen LogP contribution in [0.5, 0.6) is 0 Å². The Balaban J connectivity index is 0.000000298. The first-order chi connectivity index (χ1) is 13.5. The van der Waals surface area contributed by atoms with Gasteiger partial charge in [0.1, 0.15) is 0 Å².